The Labute approximate surface area is 769 Å². The van der Waals surface area contributed by atoms with Crippen LogP contribution in [0.3, 0.4) is 0 Å². The Morgan fingerprint density at radius 1 is 0.178 bits per heavy atom. The van der Waals surface area contributed by atoms with E-state index >= 15 is 0 Å². The number of benzene rings is 12. The number of fused-ring (bicyclic) bond motifs is 8. The summed E-state index contributed by atoms with van der Waals surface area (Å²) in [6.45, 7) is 55.9. The predicted octanol–water partition coefficient (Wildman–Crippen LogP) is 30.6. The molecule has 0 spiro atoms. The van der Waals surface area contributed by atoms with Crippen LogP contribution >= 0.6 is 0 Å². The fraction of sp³-hybridized carbons (Fsp3) is 0.274. The van der Waals surface area contributed by atoms with Crippen molar-refractivity contribution >= 4 is 132 Å². The molecule has 18 aromatic rings. The maximum absolute atomic E-state index is 6.72. The van der Waals surface area contributed by atoms with Gasteiger partial charge in [0.15, 0.2) is 0 Å². The number of aromatic nitrogens is 11. The van der Waals surface area contributed by atoms with Gasteiger partial charge < -0.3 is 9.97 Å². The Kier molecular flexibility index (Phi) is 19.2. The van der Waals surface area contributed by atoms with E-state index in [2.05, 4.69) is 360 Å². The summed E-state index contributed by atoms with van der Waals surface area (Å²) in [6.07, 6.45) is 0. The number of hydrogen-bond donors (Lipinski definition) is 0. The maximum atomic E-state index is 6.72. The molecule has 0 saturated heterocycles. The first-order valence-electron chi connectivity index (χ1n) is 45.4. The van der Waals surface area contributed by atoms with Gasteiger partial charge in [0, 0.05) is 33.0 Å². The quantitative estimate of drug-likeness (QED) is 0.155. The SMILES string of the molecule is CC(C)(C)c1cc(-c2c3nc(c(-c4cc(C(C)(C)C)cc(C(C)(C)C)c4)c4[n-]c(c(-c5cc(C(C)(C)C)cc(C(C)(C)C)c5)c5nc(c(-c6cc(C(C)(C)C)cc(C(C)(C)C)c6)c6[n-]c2c2cc7nc8ccccc8nc7cc62)-c2cc6nc7ccccc7nc6cc2-5)c2cc5nc6ccccc6nc5cc42)-c2cc4nc5ccccc5cc4cc2-3)cc(C(C)(C)C)c1.[Pt+2]. The van der Waals surface area contributed by atoms with Gasteiger partial charge in [-0.05, 0) is 251 Å². The minimum atomic E-state index is -0.337. The monoisotopic (exact) mass is 1860 g/mol. The molecular formula is C117H109N11Pt. The van der Waals surface area contributed by atoms with Crippen LogP contribution in [0.25, 0.3) is 221 Å². The van der Waals surface area contributed by atoms with Crippen molar-refractivity contribution in [3.8, 4) is 89.5 Å². The molecule has 2 aliphatic heterocycles. The van der Waals surface area contributed by atoms with E-state index in [-0.39, 0.29) is 64.4 Å². The van der Waals surface area contributed by atoms with Crippen LogP contribution in [0.15, 0.2) is 224 Å². The van der Waals surface area contributed by atoms with Gasteiger partial charge in [-0.1, -0.05) is 294 Å². The Bertz CT molecular complexity index is 7180. The molecule has 12 aromatic carbocycles. The van der Waals surface area contributed by atoms with E-state index in [1.807, 2.05) is 30.3 Å². The third-order valence-electron chi connectivity index (χ3n) is 26.7. The molecule has 0 amide bonds. The first kappa shape index (κ1) is 84.6. The zero-order chi connectivity index (χ0) is 89.7. The van der Waals surface area contributed by atoms with Crippen molar-refractivity contribution < 1.29 is 21.1 Å². The summed E-state index contributed by atoms with van der Waals surface area (Å²) in [5.74, 6) is 0. The van der Waals surface area contributed by atoms with E-state index in [4.69, 9.17) is 54.8 Å². The molecule has 11 nitrogen and oxygen atoms in total. The first-order chi connectivity index (χ1) is 60.4. The molecule has 8 bridgehead atoms. The molecule has 0 fully saturated rings. The molecule has 0 saturated carbocycles. The summed E-state index contributed by atoms with van der Waals surface area (Å²) in [5, 5.41) is 5.52. The van der Waals surface area contributed by atoms with Gasteiger partial charge >= 0.3 is 21.1 Å². The first-order valence-corrected chi connectivity index (χ1v) is 45.4. The number of pyridine rings is 1. The summed E-state index contributed by atoms with van der Waals surface area (Å²) < 4.78 is 0. The summed E-state index contributed by atoms with van der Waals surface area (Å²) in [6, 6.07) is 83.0. The Balaban J connectivity index is 0.0000104. The summed E-state index contributed by atoms with van der Waals surface area (Å²) in [5.41, 5.74) is 34.2. The minimum Gasteiger partial charge on any atom is -0.656 e. The van der Waals surface area contributed by atoms with E-state index in [0.717, 1.165) is 221 Å². The largest absolute Gasteiger partial charge is 2.00 e. The molecular weight excluding hydrogens is 1750 g/mol. The molecule has 0 unspecified atom stereocenters. The van der Waals surface area contributed by atoms with E-state index in [1.165, 1.54) is 44.5 Å². The molecule has 12 heteroatoms. The number of rotatable bonds is 4. The van der Waals surface area contributed by atoms with Gasteiger partial charge in [0.2, 0.25) is 0 Å². The van der Waals surface area contributed by atoms with Crippen molar-refractivity contribution in [3.63, 3.8) is 0 Å². The second-order valence-electron chi connectivity index (χ2n) is 44.5. The van der Waals surface area contributed by atoms with E-state index in [0.29, 0.717) is 0 Å². The van der Waals surface area contributed by atoms with E-state index in [9.17, 15) is 0 Å². The van der Waals surface area contributed by atoms with E-state index in [1.54, 1.807) is 0 Å². The minimum absolute atomic E-state index is 0. The molecule has 3 aliphatic rings. The summed E-state index contributed by atoms with van der Waals surface area (Å²) in [4.78, 5) is 66.3. The third-order valence-corrected chi connectivity index (χ3v) is 26.7. The molecule has 1 aliphatic carbocycles. The van der Waals surface area contributed by atoms with Crippen LogP contribution in [-0.2, 0) is 64.4 Å². The van der Waals surface area contributed by atoms with Crippen molar-refractivity contribution in [1.29, 1.82) is 0 Å². The molecule has 0 atom stereocenters. The van der Waals surface area contributed by atoms with Gasteiger partial charge in [-0.15, -0.1) is 22.1 Å². The van der Waals surface area contributed by atoms with Crippen molar-refractivity contribution in [2.75, 3.05) is 0 Å². The number of para-hydroxylation sites is 7. The van der Waals surface area contributed by atoms with Crippen LogP contribution < -0.4 is 9.97 Å². The number of hydrogen-bond acceptors (Lipinski definition) is 9. The summed E-state index contributed by atoms with van der Waals surface area (Å²) >= 11 is 0. The topological polar surface area (TPSA) is 144 Å². The normalized spacial score (nSPS) is 13.2. The fourth-order valence-corrected chi connectivity index (χ4v) is 18.9. The second kappa shape index (κ2) is 29.2. The molecule has 8 heterocycles. The van der Waals surface area contributed by atoms with Crippen molar-refractivity contribution in [3.05, 3.63) is 269 Å². The molecule has 0 radical (unpaired) electrons. The molecule has 129 heavy (non-hydrogen) atoms. The van der Waals surface area contributed by atoms with Gasteiger partial charge in [0.25, 0.3) is 0 Å². The van der Waals surface area contributed by atoms with E-state index < -0.39 is 0 Å². The maximum Gasteiger partial charge on any atom is 2.00 e. The third kappa shape index (κ3) is 14.6. The smallest absolute Gasteiger partial charge is 0.656 e. The average molecular weight is 1860 g/mol. The van der Waals surface area contributed by atoms with Gasteiger partial charge in [-0.2, -0.15) is 0 Å². The molecule has 6 aromatic heterocycles. The summed E-state index contributed by atoms with van der Waals surface area (Å²) in [7, 11) is 0. The number of nitrogens with zero attached hydrogens (tertiary/aromatic N) is 11. The molecule has 21 rings (SSSR count). The molecule has 642 valence electrons. The standard InChI is InChI=1S/C117H109N11.Pt/c1-110(2,3)68-42-64(43-69(51-68)111(4,5)6)98-102-76-50-63-41-62-33-25-26-34-84(62)118-91(63)55-77(76)103(125-102)99(65-44-70(112(7,8)9)52-71(45-65)113(10,11)12)105-80-58-94-95(122-88-38-30-29-37-87(88)121-94)59-81(80)107(127-105)101(67-48-74(116(19,20)21)54-75(49-67)117(22,23)24)109-83-61-97-96(123-89-39-31-32-40-90(89)124-97)60-82(83)108(128-109)100(66-46-72(114(13,14)15)53-73(47-66)115(16,17)18)106-79-57-93-92(56-78(79)104(98)126-106)119-85-35-27-28-36-86(85)120-93;/h25-61H,1-24H3;/q-2;+2. The average Bonchev–Trinajstić information content (AvgIpc) is 1.54. The van der Waals surface area contributed by atoms with Crippen LogP contribution in [-0.4, -0.2) is 44.9 Å². The Morgan fingerprint density at radius 2 is 0.380 bits per heavy atom. The Morgan fingerprint density at radius 3 is 0.620 bits per heavy atom. The zero-order valence-corrected chi connectivity index (χ0v) is 80.9. The van der Waals surface area contributed by atoms with Gasteiger partial charge in [-0.3, -0.25) is 0 Å². The van der Waals surface area contributed by atoms with Gasteiger partial charge in [-0.25, -0.2) is 44.9 Å². The van der Waals surface area contributed by atoms with Crippen LogP contribution in [0.1, 0.15) is 211 Å². The van der Waals surface area contributed by atoms with Gasteiger partial charge in [0.1, 0.15) is 0 Å². The Hall–Kier alpha value is -12.6. The predicted molar refractivity (Wildman–Crippen MR) is 539 cm³/mol. The van der Waals surface area contributed by atoms with Gasteiger partial charge in [0.05, 0.1) is 100 Å². The van der Waals surface area contributed by atoms with Crippen LogP contribution in [0, 0.1) is 0 Å². The van der Waals surface area contributed by atoms with Crippen molar-refractivity contribution in [1.82, 2.24) is 54.8 Å². The van der Waals surface area contributed by atoms with Crippen LogP contribution in [0.2, 0.25) is 0 Å². The zero-order valence-electron chi connectivity index (χ0n) is 78.6. The van der Waals surface area contributed by atoms with Crippen LogP contribution in [0.4, 0.5) is 0 Å². The second-order valence-corrected chi connectivity index (χ2v) is 44.5. The fourth-order valence-electron chi connectivity index (χ4n) is 18.9. The van der Waals surface area contributed by atoms with Crippen molar-refractivity contribution in [2.24, 2.45) is 0 Å². The molecule has 0 N–H and O–H groups in total. The van der Waals surface area contributed by atoms with Crippen LogP contribution in [0.5, 0.6) is 0 Å². The van der Waals surface area contributed by atoms with Crippen molar-refractivity contribution in [2.45, 2.75) is 209 Å².